The highest BCUT2D eigenvalue weighted by atomic mass is 35.5. The van der Waals surface area contributed by atoms with Crippen molar-refractivity contribution in [2.45, 2.75) is 38.3 Å². The maximum absolute atomic E-state index is 12.7. The molecule has 3 rings (SSSR count). The number of carboxylic acid groups (broad SMARTS) is 1. The van der Waals surface area contributed by atoms with Gasteiger partial charge in [-0.3, -0.25) is 9.59 Å². The number of aryl methyl sites for hydroxylation is 1. The van der Waals surface area contributed by atoms with Crippen LogP contribution in [0.3, 0.4) is 0 Å². The molecule has 20 heavy (non-hydrogen) atoms. The van der Waals surface area contributed by atoms with Crippen LogP contribution >= 0.6 is 11.6 Å². The van der Waals surface area contributed by atoms with Crippen LogP contribution in [0.25, 0.3) is 0 Å². The van der Waals surface area contributed by atoms with E-state index in [1.54, 1.807) is 17.0 Å². The Kier molecular flexibility index (Phi) is 3.21. The second-order valence-electron chi connectivity index (χ2n) is 5.71. The van der Waals surface area contributed by atoms with E-state index in [9.17, 15) is 14.7 Å². The number of benzene rings is 1. The van der Waals surface area contributed by atoms with E-state index in [0.717, 1.165) is 18.4 Å². The van der Waals surface area contributed by atoms with Crippen LogP contribution in [0.4, 0.5) is 0 Å². The summed E-state index contributed by atoms with van der Waals surface area (Å²) in [6, 6.07) is 5.17. The summed E-state index contributed by atoms with van der Waals surface area (Å²) in [5, 5.41) is 9.77. The van der Waals surface area contributed by atoms with E-state index in [4.69, 9.17) is 11.6 Å². The molecule has 2 heterocycles. The Morgan fingerprint density at radius 3 is 2.65 bits per heavy atom. The molecule has 1 amide bonds. The van der Waals surface area contributed by atoms with Gasteiger partial charge in [0.15, 0.2) is 0 Å². The molecule has 2 saturated heterocycles. The lowest BCUT2D eigenvalue weighted by molar-refractivity contribution is -0.142. The number of carbonyl (C=O) groups excluding carboxylic acids is 1. The summed E-state index contributed by atoms with van der Waals surface area (Å²) in [7, 11) is 0. The van der Waals surface area contributed by atoms with Crippen LogP contribution in [0.15, 0.2) is 18.2 Å². The van der Waals surface area contributed by atoms with Gasteiger partial charge < -0.3 is 10.0 Å². The molecule has 1 aromatic rings. The predicted octanol–water partition coefficient (Wildman–Crippen LogP) is 2.73. The van der Waals surface area contributed by atoms with Crippen LogP contribution in [0.2, 0.25) is 5.02 Å². The third-order valence-electron chi connectivity index (χ3n) is 4.38. The SMILES string of the molecule is Cc1cc(Cl)cc(C(=O)N2C3CCC2C(C(=O)O)C3)c1. The number of carboxylic acids is 1. The minimum absolute atomic E-state index is 0.0629. The fourth-order valence-electron chi connectivity index (χ4n) is 3.58. The molecule has 0 aliphatic carbocycles. The molecular weight excluding hydrogens is 278 g/mol. The van der Waals surface area contributed by atoms with E-state index in [0.29, 0.717) is 17.0 Å². The van der Waals surface area contributed by atoms with Gasteiger partial charge in [-0.15, -0.1) is 0 Å². The highest BCUT2D eigenvalue weighted by molar-refractivity contribution is 6.31. The van der Waals surface area contributed by atoms with Crippen molar-refractivity contribution >= 4 is 23.5 Å². The fraction of sp³-hybridized carbons (Fsp3) is 0.467. The minimum atomic E-state index is -0.794. The molecule has 1 N–H and O–H groups in total. The largest absolute Gasteiger partial charge is 0.481 e. The van der Waals surface area contributed by atoms with Gasteiger partial charge in [-0.05, 0) is 49.9 Å². The predicted molar refractivity (Wildman–Crippen MR) is 74.9 cm³/mol. The smallest absolute Gasteiger partial charge is 0.308 e. The summed E-state index contributed by atoms with van der Waals surface area (Å²) >= 11 is 6.00. The Morgan fingerprint density at radius 2 is 2.05 bits per heavy atom. The first-order valence-corrected chi connectivity index (χ1v) is 7.18. The van der Waals surface area contributed by atoms with Crippen molar-refractivity contribution in [1.29, 1.82) is 0 Å². The van der Waals surface area contributed by atoms with E-state index in [1.807, 2.05) is 13.0 Å². The molecule has 0 spiro atoms. The molecule has 106 valence electrons. The van der Waals surface area contributed by atoms with Crippen molar-refractivity contribution in [3.8, 4) is 0 Å². The first kappa shape index (κ1) is 13.4. The first-order valence-electron chi connectivity index (χ1n) is 6.80. The number of halogens is 1. The van der Waals surface area contributed by atoms with Gasteiger partial charge in [-0.2, -0.15) is 0 Å². The van der Waals surface area contributed by atoms with Crippen molar-refractivity contribution in [3.63, 3.8) is 0 Å². The van der Waals surface area contributed by atoms with Crippen molar-refractivity contribution in [1.82, 2.24) is 4.90 Å². The number of aliphatic carboxylic acids is 1. The number of hydrogen-bond acceptors (Lipinski definition) is 2. The van der Waals surface area contributed by atoms with Gasteiger partial charge in [-0.1, -0.05) is 11.6 Å². The van der Waals surface area contributed by atoms with Gasteiger partial charge in [0.1, 0.15) is 0 Å². The van der Waals surface area contributed by atoms with Gasteiger partial charge in [0.25, 0.3) is 5.91 Å². The van der Waals surface area contributed by atoms with E-state index in [1.165, 1.54) is 0 Å². The zero-order valence-electron chi connectivity index (χ0n) is 11.2. The van der Waals surface area contributed by atoms with Crippen LogP contribution in [-0.2, 0) is 4.79 Å². The van der Waals surface area contributed by atoms with Gasteiger partial charge in [0.05, 0.1) is 5.92 Å². The molecule has 1 aromatic carbocycles. The number of nitrogens with zero attached hydrogens (tertiary/aromatic N) is 1. The van der Waals surface area contributed by atoms with Gasteiger partial charge in [-0.25, -0.2) is 0 Å². The minimum Gasteiger partial charge on any atom is -0.481 e. The average molecular weight is 294 g/mol. The van der Waals surface area contributed by atoms with Crippen LogP contribution in [0, 0.1) is 12.8 Å². The number of fused-ring (bicyclic) bond motifs is 2. The van der Waals surface area contributed by atoms with E-state index in [-0.39, 0.29) is 18.0 Å². The van der Waals surface area contributed by atoms with Crippen molar-refractivity contribution in [2.75, 3.05) is 0 Å². The van der Waals surface area contributed by atoms with Gasteiger partial charge in [0, 0.05) is 22.7 Å². The normalized spacial score (nSPS) is 27.9. The summed E-state index contributed by atoms with van der Waals surface area (Å²) in [6.45, 7) is 1.89. The van der Waals surface area contributed by atoms with Crippen LogP contribution in [-0.4, -0.2) is 34.0 Å². The fourth-order valence-corrected chi connectivity index (χ4v) is 3.87. The monoisotopic (exact) mass is 293 g/mol. The lowest BCUT2D eigenvalue weighted by atomic mass is 9.89. The summed E-state index contributed by atoms with van der Waals surface area (Å²) < 4.78 is 0. The Morgan fingerprint density at radius 1 is 1.30 bits per heavy atom. The maximum Gasteiger partial charge on any atom is 0.308 e. The average Bonchev–Trinajstić information content (AvgIpc) is 2.94. The molecule has 5 heteroatoms. The summed E-state index contributed by atoms with van der Waals surface area (Å²) in [4.78, 5) is 25.7. The summed E-state index contributed by atoms with van der Waals surface area (Å²) in [6.07, 6.45) is 2.26. The quantitative estimate of drug-likeness (QED) is 0.912. The van der Waals surface area contributed by atoms with E-state index < -0.39 is 11.9 Å². The highest BCUT2D eigenvalue weighted by Crippen LogP contribution is 2.42. The number of hydrogen-bond donors (Lipinski definition) is 1. The highest BCUT2D eigenvalue weighted by Gasteiger charge is 2.51. The lowest BCUT2D eigenvalue weighted by Crippen LogP contribution is -2.37. The zero-order chi connectivity index (χ0) is 14.4. The van der Waals surface area contributed by atoms with Crippen LogP contribution < -0.4 is 0 Å². The molecule has 0 aromatic heterocycles. The Balaban J connectivity index is 1.90. The molecule has 2 bridgehead atoms. The number of rotatable bonds is 2. The van der Waals surface area contributed by atoms with Gasteiger partial charge in [0.2, 0.25) is 0 Å². The third kappa shape index (κ3) is 2.08. The molecule has 0 saturated carbocycles. The molecular formula is C15H16ClNO3. The van der Waals surface area contributed by atoms with Crippen molar-refractivity contribution < 1.29 is 14.7 Å². The summed E-state index contributed by atoms with van der Waals surface area (Å²) in [5.41, 5.74) is 1.49. The number of amides is 1. The van der Waals surface area contributed by atoms with Crippen molar-refractivity contribution in [2.24, 2.45) is 5.92 Å². The topological polar surface area (TPSA) is 57.6 Å². The Bertz CT molecular complexity index is 566. The van der Waals surface area contributed by atoms with E-state index >= 15 is 0 Å². The molecule has 3 unspecified atom stereocenters. The second kappa shape index (κ2) is 4.77. The molecule has 4 nitrogen and oxygen atoms in total. The van der Waals surface area contributed by atoms with Crippen LogP contribution in [0.1, 0.15) is 35.2 Å². The molecule has 3 atom stereocenters. The third-order valence-corrected chi connectivity index (χ3v) is 4.60. The van der Waals surface area contributed by atoms with Crippen molar-refractivity contribution in [3.05, 3.63) is 34.3 Å². The summed E-state index contributed by atoms with van der Waals surface area (Å²) in [5.74, 6) is -1.30. The lowest BCUT2D eigenvalue weighted by Gasteiger charge is -2.23. The molecule has 2 aliphatic rings. The molecule has 2 aliphatic heterocycles. The maximum atomic E-state index is 12.7. The number of carbonyl (C=O) groups is 2. The standard InChI is InChI=1S/C15H16ClNO3/c1-8-4-9(6-10(16)5-8)14(18)17-11-2-3-13(17)12(7-11)15(19)20/h4-6,11-13H,2-3,7H2,1H3,(H,19,20). The van der Waals surface area contributed by atoms with Crippen LogP contribution in [0.5, 0.6) is 0 Å². The zero-order valence-corrected chi connectivity index (χ0v) is 11.9. The second-order valence-corrected chi connectivity index (χ2v) is 6.15. The van der Waals surface area contributed by atoms with Gasteiger partial charge >= 0.3 is 5.97 Å². The van der Waals surface area contributed by atoms with E-state index in [2.05, 4.69) is 0 Å². The molecule has 0 radical (unpaired) electrons. The molecule has 2 fully saturated rings. The first-order chi connectivity index (χ1) is 9.47. The Hall–Kier alpha value is -1.55. The Labute approximate surface area is 122 Å².